The SMILES string of the molecule is CC(C)CC(Sc1ccc(-c2ccc(CO)cc2)cc1)C(=O)NCC#N. The summed E-state index contributed by atoms with van der Waals surface area (Å²) in [6.45, 7) is 4.26. The summed E-state index contributed by atoms with van der Waals surface area (Å²) in [5.41, 5.74) is 3.07. The number of thioether (sulfide) groups is 1. The fraction of sp³-hybridized carbons (Fsp3) is 0.333. The number of carbonyl (C=O) groups is 1. The van der Waals surface area contributed by atoms with Crippen LogP contribution in [0.4, 0.5) is 0 Å². The number of rotatable bonds is 8. The van der Waals surface area contributed by atoms with E-state index in [4.69, 9.17) is 10.4 Å². The maximum Gasteiger partial charge on any atom is 0.234 e. The maximum atomic E-state index is 12.3. The van der Waals surface area contributed by atoms with Gasteiger partial charge < -0.3 is 10.4 Å². The molecule has 5 heteroatoms. The van der Waals surface area contributed by atoms with Gasteiger partial charge in [0.25, 0.3) is 0 Å². The summed E-state index contributed by atoms with van der Waals surface area (Å²) in [5, 5.41) is 20.2. The molecule has 0 aliphatic carbocycles. The van der Waals surface area contributed by atoms with Crippen molar-refractivity contribution in [3.05, 3.63) is 54.1 Å². The zero-order valence-corrected chi connectivity index (χ0v) is 15.9. The lowest BCUT2D eigenvalue weighted by Crippen LogP contribution is -2.33. The summed E-state index contributed by atoms with van der Waals surface area (Å²) in [5.74, 6) is 0.304. The van der Waals surface area contributed by atoms with Gasteiger partial charge in [-0.3, -0.25) is 4.79 Å². The van der Waals surface area contributed by atoms with Gasteiger partial charge in [0.05, 0.1) is 17.9 Å². The number of hydrogen-bond donors (Lipinski definition) is 2. The third kappa shape index (κ3) is 5.91. The number of amides is 1. The summed E-state index contributed by atoms with van der Waals surface area (Å²) in [6.07, 6.45) is 0.756. The number of aliphatic hydroxyl groups excluding tert-OH is 1. The monoisotopic (exact) mass is 368 g/mol. The molecule has 2 N–H and O–H groups in total. The number of carbonyl (C=O) groups excluding carboxylic acids is 1. The lowest BCUT2D eigenvalue weighted by Gasteiger charge is -2.17. The molecule has 2 aromatic rings. The van der Waals surface area contributed by atoms with Crippen molar-refractivity contribution in [2.45, 2.75) is 37.0 Å². The molecule has 0 saturated heterocycles. The molecule has 26 heavy (non-hydrogen) atoms. The molecular weight excluding hydrogens is 344 g/mol. The van der Waals surface area contributed by atoms with Crippen LogP contribution in [-0.2, 0) is 11.4 Å². The molecule has 0 aliphatic rings. The van der Waals surface area contributed by atoms with Gasteiger partial charge in [-0.2, -0.15) is 5.26 Å². The molecule has 0 bridgehead atoms. The second-order valence-electron chi connectivity index (χ2n) is 6.49. The average molecular weight is 369 g/mol. The smallest absolute Gasteiger partial charge is 0.234 e. The first kappa shape index (κ1) is 20.0. The maximum absolute atomic E-state index is 12.3. The van der Waals surface area contributed by atoms with Crippen molar-refractivity contribution >= 4 is 17.7 Å². The highest BCUT2D eigenvalue weighted by atomic mass is 32.2. The number of benzene rings is 2. The minimum atomic E-state index is -0.210. The molecule has 136 valence electrons. The van der Waals surface area contributed by atoms with E-state index in [1.807, 2.05) is 54.6 Å². The van der Waals surface area contributed by atoms with E-state index in [9.17, 15) is 4.79 Å². The van der Waals surface area contributed by atoms with Gasteiger partial charge in [0.15, 0.2) is 0 Å². The fourth-order valence-corrected chi connectivity index (χ4v) is 3.86. The molecule has 0 fully saturated rings. The Kier molecular flexibility index (Phi) is 7.71. The molecular formula is C21H24N2O2S. The highest BCUT2D eigenvalue weighted by Gasteiger charge is 2.20. The minimum Gasteiger partial charge on any atom is -0.392 e. The molecule has 2 aromatic carbocycles. The summed E-state index contributed by atoms with van der Waals surface area (Å²) in [7, 11) is 0. The molecule has 0 aromatic heterocycles. The Morgan fingerprint density at radius 1 is 1.12 bits per heavy atom. The predicted molar refractivity (Wildman–Crippen MR) is 106 cm³/mol. The Morgan fingerprint density at radius 2 is 1.69 bits per heavy atom. The van der Waals surface area contributed by atoms with Gasteiger partial charge in [0, 0.05) is 4.90 Å². The normalized spacial score (nSPS) is 11.8. The third-order valence-electron chi connectivity index (χ3n) is 3.92. The van der Waals surface area contributed by atoms with Gasteiger partial charge in [-0.05, 0) is 41.2 Å². The Labute approximate surface area is 159 Å². The van der Waals surface area contributed by atoms with Crippen molar-refractivity contribution < 1.29 is 9.90 Å². The fourth-order valence-electron chi connectivity index (χ4n) is 2.57. The number of hydrogen-bond acceptors (Lipinski definition) is 4. The topological polar surface area (TPSA) is 73.1 Å². The molecule has 0 saturated carbocycles. The number of nitrogens with one attached hydrogen (secondary N) is 1. The van der Waals surface area contributed by atoms with Crippen LogP contribution in [0.1, 0.15) is 25.8 Å². The van der Waals surface area contributed by atoms with Gasteiger partial charge in [0.1, 0.15) is 6.54 Å². The van der Waals surface area contributed by atoms with Crippen molar-refractivity contribution in [3.63, 3.8) is 0 Å². The summed E-state index contributed by atoms with van der Waals surface area (Å²) >= 11 is 1.53. The van der Waals surface area contributed by atoms with E-state index >= 15 is 0 Å². The van der Waals surface area contributed by atoms with E-state index < -0.39 is 0 Å². The Balaban J connectivity index is 2.09. The van der Waals surface area contributed by atoms with Gasteiger partial charge in [-0.25, -0.2) is 0 Å². The van der Waals surface area contributed by atoms with Crippen molar-refractivity contribution in [2.24, 2.45) is 5.92 Å². The van der Waals surface area contributed by atoms with Crippen LogP contribution in [0.5, 0.6) is 0 Å². The van der Waals surface area contributed by atoms with Crippen LogP contribution in [0, 0.1) is 17.2 Å². The van der Waals surface area contributed by atoms with Gasteiger partial charge in [-0.15, -0.1) is 11.8 Å². The second-order valence-corrected chi connectivity index (χ2v) is 7.77. The molecule has 2 rings (SSSR count). The molecule has 0 spiro atoms. The molecule has 0 heterocycles. The van der Waals surface area contributed by atoms with Crippen molar-refractivity contribution in [3.8, 4) is 17.2 Å². The molecule has 4 nitrogen and oxygen atoms in total. The van der Waals surface area contributed by atoms with Crippen LogP contribution in [0.15, 0.2) is 53.4 Å². The first-order chi connectivity index (χ1) is 12.5. The number of nitriles is 1. The zero-order valence-electron chi connectivity index (χ0n) is 15.1. The summed E-state index contributed by atoms with van der Waals surface area (Å²) in [6, 6.07) is 17.9. The summed E-state index contributed by atoms with van der Waals surface area (Å²) in [4.78, 5) is 13.3. The zero-order chi connectivity index (χ0) is 18.9. The van der Waals surface area contributed by atoms with Crippen LogP contribution < -0.4 is 5.32 Å². The molecule has 0 aliphatic heterocycles. The third-order valence-corrected chi connectivity index (χ3v) is 5.16. The van der Waals surface area contributed by atoms with E-state index in [0.717, 1.165) is 28.0 Å². The Hall–Kier alpha value is -2.29. The molecule has 1 amide bonds. The lowest BCUT2D eigenvalue weighted by atomic mass is 10.0. The van der Waals surface area contributed by atoms with Crippen molar-refractivity contribution in [1.29, 1.82) is 5.26 Å². The van der Waals surface area contributed by atoms with Crippen molar-refractivity contribution in [1.82, 2.24) is 5.32 Å². The van der Waals surface area contributed by atoms with Crippen LogP contribution in [-0.4, -0.2) is 22.8 Å². The summed E-state index contributed by atoms with van der Waals surface area (Å²) < 4.78 is 0. The van der Waals surface area contributed by atoms with Crippen molar-refractivity contribution in [2.75, 3.05) is 6.54 Å². The second kappa shape index (κ2) is 10.0. The average Bonchev–Trinajstić information content (AvgIpc) is 2.66. The quantitative estimate of drug-likeness (QED) is 0.546. The highest BCUT2D eigenvalue weighted by molar-refractivity contribution is 8.00. The van der Waals surface area contributed by atoms with Crippen LogP contribution in [0.25, 0.3) is 11.1 Å². The van der Waals surface area contributed by atoms with E-state index in [0.29, 0.717) is 5.92 Å². The lowest BCUT2D eigenvalue weighted by molar-refractivity contribution is -0.120. The van der Waals surface area contributed by atoms with Gasteiger partial charge >= 0.3 is 0 Å². The first-order valence-electron chi connectivity index (χ1n) is 8.65. The van der Waals surface area contributed by atoms with E-state index in [1.165, 1.54) is 11.8 Å². The Morgan fingerprint density at radius 3 is 2.19 bits per heavy atom. The van der Waals surface area contributed by atoms with Gasteiger partial charge in [-0.1, -0.05) is 50.2 Å². The van der Waals surface area contributed by atoms with E-state index in [1.54, 1.807) is 0 Å². The highest BCUT2D eigenvalue weighted by Crippen LogP contribution is 2.30. The van der Waals surface area contributed by atoms with Crippen LogP contribution in [0.3, 0.4) is 0 Å². The number of aliphatic hydroxyl groups is 1. The Bertz CT molecular complexity index is 749. The minimum absolute atomic E-state index is 0.0385. The predicted octanol–water partition coefficient (Wildman–Crippen LogP) is 3.99. The molecule has 0 radical (unpaired) electrons. The first-order valence-corrected chi connectivity index (χ1v) is 9.53. The van der Waals surface area contributed by atoms with Crippen LogP contribution in [0.2, 0.25) is 0 Å². The largest absolute Gasteiger partial charge is 0.392 e. The standard InChI is InChI=1S/C21H24N2O2S/c1-15(2)13-20(21(25)23-12-11-22)26-19-9-7-18(8-10-19)17-5-3-16(14-24)4-6-17/h3-10,15,20,24H,12-14H2,1-2H3,(H,23,25). The van der Waals surface area contributed by atoms with E-state index in [-0.39, 0.29) is 24.3 Å². The molecule has 1 unspecified atom stereocenters. The van der Waals surface area contributed by atoms with Crippen LogP contribution >= 0.6 is 11.8 Å². The van der Waals surface area contributed by atoms with E-state index in [2.05, 4.69) is 19.2 Å². The van der Waals surface area contributed by atoms with Gasteiger partial charge in [0.2, 0.25) is 5.91 Å². The molecule has 1 atom stereocenters. The number of nitrogens with zero attached hydrogens (tertiary/aromatic N) is 1.